The van der Waals surface area contributed by atoms with Crippen LogP contribution in [0.5, 0.6) is 0 Å². The number of carbonyl (C=O) groups excluding carboxylic acids is 2. The Labute approximate surface area is 171 Å². The highest BCUT2D eigenvalue weighted by atomic mass is 79.9. The van der Waals surface area contributed by atoms with Gasteiger partial charge in [0.1, 0.15) is 0 Å². The lowest BCUT2D eigenvalue weighted by atomic mass is 10.1. The van der Waals surface area contributed by atoms with Gasteiger partial charge in [0, 0.05) is 23.5 Å². The van der Waals surface area contributed by atoms with Crippen molar-refractivity contribution in [2.24, 2.45) is 0 Å². The molecule has 1 aliphatic heterocycles. The molecule has 2 aromatic carbocycles. The number of fused-ring (bicyclic) bond motifs is 2. The van der Waals surface area contributed by atoms with Crippen molar-refractivity contribution in [2.45, 2.75) is 27.2 Å². The van der Waals surface area contributed by atoms with Crippen LogP contribution in [0.25, 0.3) is 11.0 Å². The maximum atomic E-state index is 12.9. The van der Waals surface area contributed by atoms with Crippen LogP contribution in [-0.2, 0) is 11.2 Å². The summed E-state index contributed by atoms with van der Waals surface area (Å²) in [5.41, 5.74) is 6.07. The molecule has 0 radical (unpaired) electrons. The molecule has 0 spiro atoms. The number of nitrogens with zero attached hydrogens (tertiary/aromatic N) is 3. The van der Waals surface area contributed by atoms with E-state index in [1.807, 2.05) is 26.0 Å². The van der Waals surface area contributed by atoms with Crippen molar-refractivity contribution in [2.75, 3.05) is 16.8 Å². The van der Waals surface area contributed by atoms with Crippen molar-refractivity contribution in [3.8, 4) is 0 Å². The average molecular weight is 439 g/mol. The van der Waals surface area contributed by atoms with Crippen LogP contribution in [0.4, 0.5) is 11.4 Å². The molecule has 0 unspecified atom stereocenters. The minimum atomic E-state index is -0.252. The number of halogens is 1. The number of benzene rings is 2. The van der Waals surface area contributed by atoms with Gasteiger partial charge in [-0.3, -0.25) is 9.59 Å². The summed E-state index contributed by atoms with van der Waals surface area (Å²) in [6.07, 6.45) is 0.765. The second kappa shape index (κ2) is 6.98. The van der Waals surface area contributed by atoms with Crippen molar-refractivity contribution in [1.82, 2.24) is 9.97 Å². The number of anilines is 2. The fraction of sp³-hybridized carbons (Fsp3) is 0.238. The summed E-state index contributed by atoms with van der Waals surface area (Å²) in [5.74, 6) is -0.291. The quantitative estimate of drug-likeness (QED) is 0.651. The molecule has 0 atom stereocenters. The monoisotopic (exact) mass is 438 g/mol. The molecular weight excluding hydrogens is 420 g/mol. The van der Waals surface area contributed by atoms with E-state index in [4.69, 9.17) is 0 Å². The minimum absolute atomic E-state index is 0.0385. The molecule has 28 heavy (non-hydrogen) atoms. The molecule has 4 rings (SSSR count). The van der Waals surface area contributed by atoms with Gasteiger partial charge in [-0.15, -0.1) is 0 Å². The largest absolute Gasteiger partial charge is 0.320 e. The summed E-state index contributed by atoms with van der Waals surface area (Å²) in [7, 11) is 0. The zero-order valence-electron chi connectivity index (χ0n) is 15.8. The second-order valence-electron chi connectivity index (χ2n) is 6.93. The third kappa shape index (κ3) is 3.26. The second-order valence-corrected chi connectivity index (χ2v) is 7.85. The van der Waals surface area contributed by atoms with E-state index < -0.39 is 0 Å². The highest BCUT2D eigenvalue weighted by Gasteiger charge is 2.27. The fourth-order valence-electron chi connectivity index (χ4n) is 3.49. The maximum Gasteiger partial charge on any atom is 0.255 e. The molecule has 0 saturated heterocycles. The number of nitrogens with one attached hydrogen (secondary N) is 1. The average Bonchev–Trinajstić information content (AvgIpc) is 3.06. The smallest absolute Gasteiger partial charge is 0.255 e. The number of hydrogen-bond acceptors (Lipinski definition) is 4. The molecule has 142 valence electrons. The van der Waals surface area contributed by atoms with E-state index in [0.29, 0.717) is 23.3 Å². The lowest BCUT2D eigenvalue weighted by Crippen LogP contribution is -2.27. The van der Waals surface area contributed by atoms with E-state index >= 15 is 0 Å². The molecule has 0 fully saturated rings. The minimum Gasteiger partial charge on any atom is -0.320 e. The van der Waals surface area contributed by atoms with Crippen LogP contribution in [0.2, 0.25) is 0 Å². The molecule has 1 aromatic heterocycles. The van der Waals surface area contributed by atoms with Crippen LogP contribution >= 0.6 is 15.9 Å². The highest BCUT2D eigenvalue weighted by Crippen LogP contribution is 2.38. The molecule has 0 bridgehead atoms. The Kier molecular flexibility index (Phi) is 4.63. The standard InChI is InChI=1S/C21H19BrN4O2/c1-11-12(2)24-18-9-15(4-5-17(18)23-11)21(28)25-19-10-16(22)8-14-6-7-26(13(3)27)20(14)19/h4-5,8-10H,6-7H2,1-3H3,(H,25,28). The SMILES string of the molecule is CC(=O)N1CCc2cc(Br)cc(NC(=O)c3ccc4nc(C)c(C)nc4c3)c21. The molecule has 0 saturated carbocycles. The summed E-state index contributed by atoms with van der Waals surface area (Å²) in [6.45, 7) is 5.97. The molecule has 6 nitrogen and oxygen atoms in total. The molecule has 2 heterocycles. The molecule has 2 amide bonds. The Morgan fingerprint density at radius 2 is 1.79 bits per heavy atom. The first-order chi connectivity index (χ1) is 13.3. The summed E-state index contributed by atoms with van der Waals surface area (Å²) in [5, 5.41) is 2.96. The first-order valence-electron chi connectivity index (χ1n) is 9.00. The summed E-state index contributed by atoms with van der Waals surface area (Å²) < 4.78 is 0.863. The lowest BCUT2D eigenvalue weighted by molar-refractivity contribution is -0.116. The number of amides is 2. The Hall–Kier alpha value is -2.80. The van der Waals surface area contributed by atoms with Crippen LogP contribution in [0.15, 0.2) is 34.8 Å². The van der Waals surface area contributed by atoms with Crippen LogP contribution in [-0.4, -0.2) is 28.3 Å². The molecule has 7 heteroatoms. The number of aromatic nitrogens is 2. The zero-order valence-corrected chi connectivity index (χ0v) is 17.4. The van der Waals surface area contributed by atoms with Crippen molar-refractivity contribution in [1.29, 1.82) is 0 Å². The third-order valence-corrected chi connectivity index (χ3v) is 5.45. The van der Waals surface area contributed by atoms with Gasteiger partial charge in [-0.2, -0.15) is 0 Å². The Morgan fingerprint density at radius 3 is 2.50 bits per heavy atom. The van der Waals surface area contributed by atoms with E-state index in [2.05, 4.69) is 31.2 Å². The zero-order chi connectivity index (χ0) is 20.0. The van der Waals surface area contributed by atoms with Gasteiger partial charge in [-0.05, 0) is 56.2 Å². The topological polar surface area (TPSA) is 75.2 Å². The van der Waals surface area contributed by atoms with Gasteiger partial charge < -0.3 is 10.2 Å². The van der Waals surface area contributed by atoms with Gasteiger partial charge >= 0.3 is 0 Å². The van der Waals surface area contributed by atoms with Crippen LogP contribution in [0.1, 0.15) is 34.2 Å². The number of rotatable bonds is 2. The number of aryl methyl sites for hydroxylation is 2. The maximum absolute atomic E-state index is 12.9. The number of carbonyl (C=O) groups is 2. The Bertz CT molecular complexity index is 1140. The first kappa shape index (κ1) is 18.6. The van der Waals surface area contributed by atoms with Gasteiger partial charge in [0.25, 0.3) is 5.91 Å². The molecule has 3 aromatic rings. The molecule has 1 aliphatic rings. The summed E-state index contributed by atoms with van der Waals surface area (Å²) in [4.78, 5) is 35.6. The normalized spacial score (nSPS) is 12.9. The summed E-state index contributed by atoms with van der Waals surface area (Å²) >= 11 is 3.49. The van der Waals surface area contributed by atoms with E-state index in [1.54, 1.807) is 23.1 Å². The first-order valence-corrected chi connectivity index (χ1v) is 9.79. The van der Waals surface area contributed by atoms with Gasteiger partial charge in [0.05, 0.1) is 33.8 Å². The predicted octanol–water partition coefficient (Wildman–Crippen LogP) is 4.17. The van der Waals surface area contributed by atoms with Gasteiger partial charge in [-0.25, -0.2) is 9.97 Å². The van der Waals surface area contributed by atoms with E-state index in [0.717, 1.165) is 39.0 Å². The van der Waals surface area contributed by atoms with Crippen molar-refractivity contribution < 1.29 is 9.59 Å². The third-order valence-electron chi connectivity index (χ3n) is 4.99. The highest BCUT2D eigenvalue weighted by molar-refractivity contribution is 9.10. The molecular formula is C21H19BrN4O2. The predicted molar refractivity (Wildman–Crippen MR) is 113 cm³/mol. The molecule has 0 aliphatic carbocycles. The van der Waals surface area contributed by atoms with Gasteiger partial charge in [0.2, 0.25) is 5.91 Å². The molecule has 1 N–H and O–H groups in total. The van der Waals surface area contributed by atoms with Gasteiger partial charge in [0.15, 0.2) is 0 Å². The lowest BCUT2D eigenvalue weighted by Gasteiger charge is -2.19. The fourth-order valence-corrected chi connectivity index (χ4v) is 3.99. The summed E-state index contributed by atoms with van der Waals surface area (Å²) in [6, 6.07) is 9.10. The van der Waals surface area contributed by atoms with E-state index in [-0.39, 0.29) is 11.8 Å². The van der Waals surface area contributed by atoms with E-state index in [1.165, 1.54) is 6.92 Å². The van der Waals surface area contributed by atoms with Gasteiger partial charge in [-0.1, -0.05) is 15.9 Å². The Morgan fingerprint density at radius 1 is 1.07 bits per heavy atom. The van der Waals surface area contributed by atoms with Crippen molar-refractivity contribution in [3.63, 3.8) is 0 Å². The van der Waals surface area contributed by atoms with Crippen LogP contribution < -0.4 is 10.2 Å². The van der Waals surface area contributed by atoms with Crippen LogP contribution in [0.3, 0.4) is 0 Å². The number of hydrogen-bond donors (Lipinski definition) is 1. The van der Waals surface area contributed by atoms with Crippen LogP contribution in [0, 0.1) is 13.8 Å². The van der Waals surface area contributed by atoms with E-state index in [9.17, 15) is 9.59 Å². The van der Waals surface area contributed by atoms with Crippen molar-refractivity contribution >= 4 is 50.2 Å². The Balaban J connectivity index is 1.70. The van der Waals surface area contributed by atoms with Crippen molar-refractivity contribution in [3.05, 3.63) is 57.3 Å².